The van der Waals surface area contributed by atoms with Crippen molar-refractivity contribution in [3.63, 3.8) is 0 Å². The highest BCUT2D eigenvalue weighted by Crippen LogP contribution is 2.14. The molecule has 0 fully saturated rings. The van der Waals surface area contributed by atoms with Gasteiger partial charge in [-0.15, -0.1) is 0 Å². The lowest BCUT2D eigenvalue weighted by Gasteiger charge is -2.17. The van der Waals surface area contributed by atoms with Gasteiger partial charge in [0.1, 0.15) is 0 Å². The Kier molecular flexibility index (Phi) is 5.20. The lowest BCUT2D eigenvalue weighted by Crippen LogP contribution is -2.29. The van der Waals surface area contributed by atoms with Gasteiger partial charge in [-0.3, -0.25) is 9.59 Å². The molecular weight excluding hydrogens is 184 g/mol. The molecule has 0 saturated heterocycles. The topological polar surface area (TPSA) is 52.6 Å². The highest BCUT2D eigenvalue weighted by atomic mass is 16.5. The SMILES string of the molecule is COC(=O)C(C)C(C)C(=O)OC(C)C. The van der Waals surface area contributed by atoms with Crippen LogP contribution in [0, 0.1) is 11.8 Å². The fourth-order valence-electron chi connectivity index (χ4n) is 0.934. The molecule has 0 aliphatic rings. The maximum Gasteiger partial charge on any atom is 0.309 e. The fourth-order valence-corrected chi connectivity index (χ4v) is 0.934. The van der Waals surface area contributed by atoms with E-state index in [9.17, 15) is 9.59 Å². The minimum absolute atomic E-state index is 0.158. The largest absolute Gasteiger partial charge is 0.469 e. The Hall–Kier alpha value is -1.06. The third-order valence-corrected chi connectivity index (χ3v) is 2.05. The van der Waals surface area contributed by atoms with Crippen molar-refractivity contribution < 1.29 is 19.1 Å². The first kappa shape index (κ1) is 12.9. The molecule has 4 nitrogen and oxygen atoms in total. The first-order chi connectivity index (χ1) is 6.40. The molecule has 0 radical (unpaired) electrons. The summed E-state index contributed by atoms with van der Waals surface area (Å²) >= 11 is 0. The van der Waals surface area contributed by atoms with Crippen LogP contribution in [-0.4, -0.2) is 25.2 Å². The Balaban J connectivity index is 4.24. The van der Waals surface area contributed by atoms with Crippen LogP contribution in [0.5, 0.6) is 0 Å². The molecule has 14 heavy (non-hydrogen) atoms. The van der Waals surface area contributed by atoms with Gasteiger partial charge in [-0.25, -0.2) is 0 Å². The molecule has 0 aromatic heterocycles. The van der Waals surface area contributed by atoms with Gasteiger partial charge in [0, 0.05) is 0 Å². The van der Waals surface area contributed by atoms with Crippen molar-refractivity contribution >= 4 is 11.9 Å². The lowest BCUT2D eigenvalue weighted by molar-refractivity contribution is -0.160. The predicted molar refractivity (Wildman–Crippen MR) is 51.6 cm³/mol. The second kappa shape index (κ2) is 5.62. The Morgan fingerprint density at radius 2 is 1.36 bits per heavy atom. The molecule has 82 valence electrons. The van der Waals surface area contributed by atoms with E-state index in [4.69, 9.17) is 4.74 Å². The van der Waals surface area contributed by atoms with Gasteiger partial charge in [0.2, 0.25) is 0 Å². The van der Waals surface area contributed by atoms with Gasteiger partial charge in [0.15, 0.2) is 0 Å². The van der Waals surface area contributed by atoms with Gasteiger partial charge in [0.05, 0.1) is 25.0 Å². The van der Waals surface area contributed by atoms with Crippen LogP contribution in [0.25, 0.3) is 0 Å². The van der Waals surface area contributed by atoms with Crippen molar-refractivity contribution in [1.82, 2.24) is 0 Å². The van der Waals surface area contributed by atoms with Crippen molar-refractivity contribution in [3.8, 4) is 0 Å². The molecule has 0 aliphatic carbocycles. The number of ether oxygens (including phenoxy) is 2. The van der Waals surface area contributed by atoms with Crippen LogP contribution in [0.15, 0.2) is 0 Å². The molecule has 0 amide bonds. The Bertz CT molecular complexity index is 210. The molecule has 0 aromatic carbocycles. The van der Waals surface area contributed by atoms with Crippen LogP contribution < -0.4 is 0 Å². The summed E-state index contributed by atoms with van der Waals surface area (Å²) in [5.74, 6) is -1.69. The molecule has 4 heteroatoms. The van der Waals surface area contributed by atoms with Crippen LogP contribution in [0.2, 0.25) is 0 Å². The molecule has 0 aromatic rings. The van der Waals surface area contributed by atoms with E-state index in [0.717, 1.165) is 0 Å². The molecular formula is C10H18O4. The average molecular weight is 202 g/mol. The lowest BCUT2D eigenvalue weighted by atomic mass is 9.96. The van der Waals surface area contributed by atoms with Gasteiger partial charge in [-0.2, -0.15) is 0 Å². The van der Waals surface area contributed by atoms with Gasteiger partial charge in [-0.05, 0) is 13.8 Å². The number of carbonyl (C=O) groups excluding carboxylic acids is 2. The third-order valence-electron chi connectivity index (χ3n) is 2.05. The second-order valence-corrected chi connectivity index (χ2v) is 3.59. The minimum atomic E-state index is -0.468. The Labute approximate surface area is 84.6 Å². The smallest absolute Gasteiger partial charge is 0.309 e. The van der Waals surface area contributed by atoms with Gasteiger partial charge < -0.3 is 9.47 Å². The van der Waals surface area contributed by atoms with Gasteiger partial charge >= 0.3 is 11.9 Å². The van der Waals surface area contributed by atoms with Crippen LogP contribution in [0.3, 0.4) is 0 Å². The number of methoxy groups -OCH3 is 1. The van der Waals surface area contributed by atoms with E-state index in [2.05, 4.69) is 4.74 Å². The van der Waals surface area contributed by atoms with Crippen LogP contribution in [0.1, 0.15) is 27.7 Å². The maximum absolute atomic E-state index is 11.4. The zero-order valence-corrected chi connectivity index (χ0v) is 9.37. The van der Waals surface area contributed by atoms with E-state index >= 15 is 0 Å². The van der Waals surface area contributed by atoms with Gasteiger partial charge in [-0.1, -0.05) is 13.8 Å². The Morgan fingerprint density at radius 1 is 0.929 bits per heavy atom. The standard InChI is InChI=1S/C10H18O4/c1-6(2)14-10(12)8(4)7(3)9(11)13-5/h6-8H,1-5H3. The van der Waals surface area contributed by atoms with E-state index in [1.807, 2.05) is 0 Å². The van der Waals surface area contributed by atoms with E-state index in [-0.39, 0.29) is 12.1 Å². The summed E-state index contributed by atoms with van der Waals surface area (Å²) in [4.78, 5) is 22.5. The highest BCUT2D eigenvalue weighted by molar-refractivity contribution is 5.81. The molecule has 2 unspecified atom stereocenters. The molecule has 0 heterocycles. The predicted octanol–water partition coefficient (Wildman–Crippen LogP) is 1.38. The van der Waals surface area contributed by atoms with E-state index < -0.39 is 17.8 Å². The number of hydrogen-bond acceptors (Lipinski definition) is 4. The fraction of sp³-hybridized carbons (Fsp3) is 0.800. The molecule has 2 atom stereocenters. The third kappa shape index (κ3) is 3.77. The summed E-state index contributed by atoms with van der Waals surface area (Å²) in [6.07, 6.45) is -0.158. The van der Waals surface area contributed by atoms with Crippen molar-refractivity contribution in [2.24, 2.45) is 11.8 Å². The maximum atomic E-state index is 11.4. The highest BCUT2D eigenvalue weighted by Gasteiger charge is 2.28. The van der Waals surface area contributed by atoms with Crippen molar-refractivity contribution in [2.75, 3.05) is 7.11 Å². The number of hydrogen-bond donors (Lipinski definition) is 0. The zero-order chi connectivity index (χ0) is 11.3. The molecule has 0 rings (SSSR count). The number of esters is 2. The first-order valence-electron chi connectivity index (χ1n) is 4.68. The summed E-state index contributed by atoms with van der Waals surface area (Å²) in [7, 11) is 1.30. The average Bonchev–Trinajstić information content (AvgIpc) is 2.13. The minimum Gasteiger partial charge on any atom is -0.469 e. The second-order valence-electron chi connectivity index (χ2n) is 3.59. The zero-order valence-electron chi connectivity index (χ0n) is 9.37. The summed E-state index contributed by atoms with van der Waals surface area (Å²) in [5, 5.41) is 0. The molecule has 0 saturated carbocycles. The quantitative estimate of drug-likeness (QED) is 0.646. The summed E-state index contributed by atoms with van der Waals surface area (Å²) in [6, 6.07) is 0. The monoisotopic (exact) mass is 202 g/mol. The van der Waals surface area contributed by atoms with Gasteiger partial charge in [0.25, 0.3) is 0 Å². The molecule has 0 bridgehead atoms. The first-order valence-corrected chi connectivity index (χ1v) is 4.68. The number of carbonyl (C=O) groups is 2. The molecule has 0 aliphatic heterocycles. The normalized spacial score (nSPS) is 14.7. The molecule has 0 spiro atoms. The van der Waals surface area contributed by atoms with Crippen LogP contribution in [-0.2, 0) is 19.1 Å². The Morgan fingerprint density at radius 3 is 1.71 bits per heavy atom. The van der Waals surface area contributed by atoms with E-state index in [1.54, 1.807) is 27.7 Å². The summed E-state index contributed by atoms with van der Waals surface area (Å²) in [6.45, 7) is 6.85. The number of rotatable bonds is 4. The molecule has 0 N–H and O–H groups in total. The summed E-state index contributed by atoms with van der Waals surface area (Å²) < 4.78 is 9.52. The van der Waals surface area contributed by atoms with E-state index in [0.29, 0.717) is 0 Å². The van der Waals surface area contributed by atoms with Crippen molar-refractivity contribution in [1.29, 1.82) is 0 Å². The van der Waals surface area contributed by atoms with E-state index in [1.165, 1.54) is 7.11 Å². The van der Waals surface area contributed by atoms with Crippen molar-refractivity contribution in [3.05, 3.63) is 0 Å². The van der Waals surface area contributed by atoms with Crippen LogP contribution >= 0.6 is 0 Å². The van der Waals surface area contributed by atoms with Crippen molar-refractivity contribution in [2.45, 2.75) is 33.8 Å². The summed E-state index contributed by atoms with van der Waals surface area (Å²) in [5.41, 5.74) is 0. The van der Waals surface area contributed by atoms with Crippen LogP contribution in [0.4, 0.5) is 0 Å².